The molecule has 0 spiro atoms. The second-order valence-electron chi connectivity index (χ2n) is 8.91. The largest absolute Gasteiger partial charge is 0.496 e. The number of nitrogens with one attached hydrogen (secondary N) is 1. The van der Waals surface area contributed by atoms with Crippen molar-refractivity contribution in [1.82, 2.24) is 20.3 Å². The van der Waals surface area contributed by atoms with Gasteiger partial charge in [0.2, 0.25) is 11.9 Å². The van der Waals surface area contributed by atoms with E-state index in [4.69, 9.17) is 22.1 Å². The van der Waals surface area contributed by atoms with E-state index in [1.165, 1.54) is 0 Å². The Morgan fingerprint density at radius 1 is 1.29 bits per heavy atom. The number of nitrogens with zero attached hydrogens (tertiary/aromatic N) is 5. The van der Waals surface area contributed by atoms with Gasteiger partial charge >= 0.3 is 0 Å². The SMILES string of the molecule is COc1c(C)cnc(CN2CC(=O)N(CNCC(C)(C)C)c3c(Cl)nc(N)nc32)c1C. The van der Waals surface area contributed by atoms with Crippen LogP contribution in [0.5, 0.6) is 5.75 Å². The fraction of sp³-hybridized carbons (Fsp3) is 0.524. The van der Waals surface area contributed by atoms with Crippen molar-refractivity contribution < 1.29 is 9.53 Å². The molecule has 3 heterocycles. The van der Waals surface area contributed by atoms with Crippen molar-refractivity contribution >= 4 is 35.0 Å². The maximum absolute atomic E-state index is 13.1. The van der Waals surface area contributed by atoms with Crippen LogP contribution in [-0.4, -0.2) is 47.7 Å². The number of pyridine rings is 1. The highest BCUT2D eigenvalue weighted by Crippen LogP contribution is 2.38. The number of rotatable bonds is 6. The summed E-state index contributed by atoms with van der Waals surface area (Å²) < 4.78 is 5.51. The van der Waals surface area contributed by atoms with Gasteiger partial charge in [0.25, 0.3) is 0 Å². The molecule has 1 aliphatic heterocycles. The topological polar surface area (TPSA) is 110 Å². The van der Waals surface area contributed by atoms with Crippen LogP contribution in [0.2, 0.25) is 5.15 Å². The van der Waals surface area contributed by atoms with E-state index < -0.39 is 0 Å². The van der Waals surface area contributed by atoms with Crippen molar-refractivity contribution in [2.45, 2.75) is 41.2 Å². The number of ether oxygens (including phenoxy) is 1. The molecule has 1 amide bonds. The number of carbonyl (C=O) groups is 1. The van der Waals surface area contributed by atoms with Gasteiger partial charge in [0.05, 0.1) is 32.6 Å². The van der Waals surface area contributed by atoms with Gasteiger partial charge in [0, 0.05) is 23.9 Å². The second kappa shape index (κ2) is 8.84. The summed E-state index contributed by atoms with van der Waals surface area (Å²) in [6.45, 7) is 11.8. The molecule has 0 saturated heterocycles. The molecule has 168 valence electrons. The van der Waals surface area contributed by atoms with Crippen LogP contribution >= 0.6 is 11.6 Å². The Balaban J connectivity index is 1.96. The van der Waals surface area contributed by atoms with Crippen molar-refractivity contribution in [2.24, 2.45) is 5.41 Å². The maximum Gasteiger partial charge on any atom is 0.247 e. The van der Waals surface area contributed by atoms with Crippen molar-refractivity contribution in [2.75, 3.05) is 42.4 Å². The Morgan fingerprint density at radius 2 is 2.00 bits per heavy atom. The lowest BCUT2D eigenvalue weighted by molar-refractivity contribution is -0.117. The van der Waals surface area contributed by atoms with Crippen molar-refractivity contribution in [3.8, 4) is 5.75 Å². The van der Waals surface area contributed by atoms with Crippen LogP contribution in [0.25, 0.3) is 0 Å². The average molecular weight is 448 g/mol. The number of nitrogen functional groups attached to an aromatic ring is 1. The van der Waals surface area contributed by atoms with Gasteiger partial charge in [-0.2, -0.15) is 9.97 Å². The quantitative estimate of drug-likeness (QED) is 0.650. The van der Waals surface area contributed by atoms with Gasteiger partial charge in [-0.25, -0.2) is 0 Å². The Hall–Kier alpha value is -2.65. The highest BCUT2D eigenvalue weighted by atomic mass is 35.5. The van der Waals surface area contributed by atoms with E-state index in [1.807, 2.05) is 18.7 Å². The van der Waals surface area contributed by atoms with Crippen molar-refractivity contribution in [3.63, 3.8) is 0 Å². The van der Waals surface area contributed by atoms with Crippen molar-refractivity contribution in [1.29, 1.82) is 0 Å². The van der Waals surface area contributed by atoms with E-state index in [1.54, 1.807) is 18.2 Å². The number of carbonyl (C=O) groups excluding carboxylic acids is 1. The molecule has 2 aromatic heterocycles. The summed E-state index contributed by atoms with van der Waals surface area (Å²) in [4.78, 5) is 29.5. The molecule has 31 heavy (non-hydrogen) atoms. The summed E-state index contributed by atoms with van der Waals surface area (Å²) in [5.74, 6) is 1.23. The first-order chi connectivity index (χ1) is 14.5. The molecule has 0 saturated carbocycles. The fourth-order valence-electron chi connectivity index (χ4n) is 3.59. The molecule has 3 N–H and O–H groups in total. The number of nitrogens with two attached hydrogens (primary N) is 1. The van der Waals surface area contributed by atoms with Gasteiger partial charge in [-0.1, -0.05) is 32.4 Å². The molecule has 2 aromatic rings. The molecule has 0 bridgehead atoms. The lowest BCUT2D eigenvalue weighted by Crippen LogP contribution is -2.50. The Kier molecular flexibility index (Phi) is 6.56. The number of methoxy groups -OCH3 is 1. The van der Waals surface area contributed by atoms with E-state index in [0.29, 0.717) is 24.7 Å². The highest BCUT2D eigenvalue weighted by Gasteiger charge is 2.34. The molecule has 3 rings (SSSR count). The van der Waals surface area contributed by atoms with Crippen molar-refractivity contribution in [3.05, 3.63) is 28.2 Å². The Labute approximate surface area is 188 Å². The van der Waals surface area contributed by atoms with Gasteiger partial charge in [-0.15, -0.1) is 0 Å². The summed E-state index contributed by atoms with van der Waals surface area (Å²) in [5, 5.41) is 3.46. The molecule has 9 nitrogen and oxygen atoms in total. The summed E-state index contributed by atoms with van der Waals surface area (Å²) in [5.41, 5.74) is 9.05. The first-order valence-corrected chi connectivity index (χ1v) is 10.5. The van der Waals surface area contributed by atoms with Crippen LogP contribution in [-0.2, 0) is 11.3 Å². The molecule has 10 heteroatoms. The minimum absolute atomic E-state index is 0.0527. The third-order valence-corrected chi connectivity index (χ3v) is 5.32. The lowest BCUT2D eigenvalue weighted by atomic mass is 9.97. The predicted molar refractivity (Wildman–Crippen MR) is 123 cm³/mol. The number of aryl methyl sites for hydroxylation is 1. The van der Waals surface area contributed by atoms with Gasteiger partial charge in [0.1, 0.15) is 11.4 Å². The van der Waals surface area contributed by atoms with Gasteiger partial charge < -0.3 is 15.4 Å². The van der Waals surface area contributed by atoms with E-state index in [-0.39, 0.29) is 29.0 Å². The number of aromatic nitrogens is 3. The van der Waals surface area contributed by atoms with Crippen LogP contribution in [0.3, 0.4) is 0 Å². The predicted octanol–water partition coefficient (Wildman–Crippen LogP) is 2.68. The second-order valence-corrected chi connectivity index (χ2v) is 9.27. The Morgan fingerprint density at radius 3 is 2.65 bits per heavy atom. The van der Waals surface area contributed by atoms with E-state index in [9.17, 15) is 4.79 Å². The zero-order valence-corrected chi connectivity index (χ0v) is 19.7. The number of halogens is 1. The van der Waals surface area contributed by atoms with E-state index in [0.717, 1.165) is 29.1 Å². The minimum Gasteiger partial charge on any atom is -0.496 e. The zero-order chi connectivity index (χ0) is 22.9. The molecule has 0 aliphatic carbocycles. The number of amides is 1. The first-order valence-electron chi connectivity index (χ1n) is 10.1. The number of fused-ring (bicyclic) bond motifs is 1. The molecular weight excluding hydrogens is 418 g/mol. The molecule has 0 fully saturated rings. The van der Waals surface area contributed by atoms with Crippen LogP contribution in [0.15, 0.2) is 6.20 Å². The standard InChI is InChI=1S/C21H30ClN7O2/c1-12-7-25-14(13(2)17(12)31-6)8-28-9-15(30)29(11-24-10-21(3,4)5)16-18(22)26-20(23)27-19(16)28/h7,24H,8-11H2,1-6H3,(H2,23,26,27). The summed E-state index contributed by atoms with van der Waals surface area (Å²) in [6, 6.07) is 0. The van der Waals surface area contributed by atoms with E-state index >= 15 is 0 Å². The molecule has 1 aliphatic rings. The number of hydrogen-bond donors (Lipinski definition) is 2. The normalized spacial score (nSPS) is 14.1. The third-order valence-electron chi connectivity index (χ3n) is 5.05. The molecule has 0 atom stereocenters. The summed E-state index contributed by atoms with van der Waals surface area (Å²) in [7, 11) is 1.63. The van der Waals surface area contributed by atoms with E-state index in [2.05, 4.69) is 41.0 Å². The number of hydrogen-bond acceptors (Lipinski definition) is 8. The maximum atomic E-state index is 13.1. The molecule has 0 radical (unpaired) electrons. The lowest BCUT2D eigenvalue weighted by Gasteiger charge is -2.37. The molecular formula is C21H30ClN7O2. The van der Waals surface area contributed by atoms with Gasteiger partial charge in [0.15, 0.2) is 11.0 Å². The average Bonchev–Trinajstić information content (AvgIpc) is 2.66. The van der Waals surface area contributed by atoms with Gasteiger partial charge in [-0.3, -0.25) is 20.0 Å². The Bertz CT molecular complexity index is 991. The van der Waals surface area contributed by atoms with Gasteiger partial charge in [-0.05, 0) is 19.3 Å². The highest BCUT2D eigenvalue weighted by molar-refractivity contribution is 6.33. The minimum atomic E-state index is -0.110. The molecule has 0 aromatic carbocycles. The first kappa shape index (κ1) is 23.0. The van der Waals surface area contributed by atoms with Crippen LogP contribution < -0.4 is 25.6 Å². The van der Waals surface area contributed by atoms with Crippen LogP contribution in [0, 0.1) is 19.3 Å². The van der Waals surface area contributed by atoms with Crippen LogP contribution in [0.1, 0.15) is 37.6 Å². The summed E-state index contributed by atoms with van der Waals surface area (Å²) >= 11 is 6.43. The third kappa shape index (κ3) is 4.99. The fourth-order valence-corrected chi connectivity index (χ4v) is 3.86. The monoisotopic (exact) mass is 447 g/mol. The number of anilines is 3. The zero-order valence-electron chi connectivity index (χ0n) is 18.9. The smallest absolute Gasteiger partial charge is 0.247 e. The molecule has 0 unspecified atom stereocenters. The van der Waals surface area contributed by atoms with Crippen LogP contribution in [0.4, 0.5) is 17.5 Å². The summed E-state index contributed by atoms with van der Waals surface area (Å²) in [6.07, 6.45) is 1.76.